The van der Waals surface area contributed by atoms with E-state index in [0.717, 1.165) is 4.88 Å². The Kier molecular flexibility index (Phi) is 4.59. The van der Waals surface area contributed by atoms with Crippen molar-refractivity contribution in [2.45, 2.75) is 0 Å². The molecule has 0 unspecified atom stereocenters. The summed E-state index contributed by atoms with van der Waals surface area (Å²) >= 11 is 7.58. The topological polar surface area (TPSA) is 60.8 Å². The quantitative estimate of drug-likeness (QED) is 0.373. The van der Waals surface area contributed by atoms with Gasteiger partial charge < -0.3 is 10.0 Å². The normalized spacial score (nSPS) is 17.4. The van der Waals surface area contributed by atoms with Crippen LogP contribution in [0.2, 0.25) is 0 Å². The minimum absolute atomic E-state index is 0.144. The molecule has 2 heterocycles. The molecule has 1 aliphatic heterocycles. The van der Waals surface area contributed by atoms with Gasteiger partial charge >= 0.3 is 7.12 Å². The van der Waals surface area contributed by atoms with Crippen LogP contribution in [0.3, 0.4) is 0 Å². The molecule has 0 saturated carbocycles. The van der Waals surface area contributed by atoms with E-state index in [2.05, 4.69) is 6.58 Å². The lowest BCUT2D eigenvalue weighted by molar-refractivity contribution is -0.121. The fraction of sp³-hybridized carbons (Fsp3) is 0.0909. The number of rotatable bonds is 4. The average molecular weight is 311 g/mol. The molecule has 1 aliphatic rings. The lowest BCUT2D eigenvalue weighted by Gasteiger charge is -2.10. The summed E-state index contributed by atoms with van der Waals surface area (Å²) in [6.45, 7) is 3.98. The molecule has 1 fully saturated rings. The van der Waals surface area contributed by atoms with Crippen molar-refractivity contribution in [2.75, 3.05) is 6.54 Å². The van der Waals surface area contributed by atoms with E-state index in [1.165, 1.54) is 28.0 Å². The number of thioether (sulfide) groups is 1. The molecule has 19 heavy (non-hydrogen) atoms. The molecule has 0 bridgehead atoms. The van der Waals surface area contributed by atoms with Crippen molar-refractivity contribution < 1.29 is 14.8 Å². The van der Waals surface area contributed by atoms with E-state index in [1.807, 2.05) is 0 Å². The number of hydrogen-bond donors (Lipinski definition) is 2. The first-order valence-electron chi connectivity index (χ1n) is 5.35. The van der Waals surface area contributed by atoms with Gasteiger partial charge in [0.25, 0.3) is 5.91 Å². The van der Waals surface area contributed by atoms with Crippen LogP contribution in [0.1, 0.15) is 4.88 Å². The molecule has 0 aromatic carbocycles. The summed E-state index contributed by atoms with van der Waals surface area (Å²) < 4.78 is 0.947. The number of amides is 1. The van der Waals surface area contributed by atoms with Gasteiger partial charge in [-0.05, 0) is 12.1 Å². The molecule has 1 aromatic heterocycles. The van der Waals surface area contributed by atoms with Crippen LogP contribution in [0.15, 0.2) is 29.7 Å². The van der Waals surface area contributed by atoms with E-state index in [1.54, 1.807) is 24.3 Å². The fourth-order valence-corrected chi connectivity index (χ4v) is 3.67. The van der Waals surface area contributed by atoms with E-state index in [-0.39, 0.29) is 5.91 Å². The van der Waals surface area contributed by atoms with E-state index in [0.29, 0.717) is 20.5 Å². The summed E-state index contributed by atoms with van der Waals surface area (Å²) in [5.74, 6) is -0.144. The van der Waals surface area contributed by atoms with Gasteiger partial charge in [-0.25, -0.2) is 0 Å². The first-order chi connectivity index (χ1) is 9.02. The minimum atomic E-state index is -1.48. The highest BCUT2D eigenvalue weighted by molar-refractivity contribution is 8.26. The predicted octanol–water partition coefficient (Wildman–Crippen LogP) is 0.815. The molecule has 98 valence electrons. The Balaban J connectivity index is 2.22. The van der Waals surface area contributed by atoms with Gasteiger partial charge in [0.2, 0.25) is 0 Å². The molecule has 4 nitrogen and oxygen atoms in total. The Hall–Kier alpha value is -0.925. The molecular formula is C11H10BNO3S3. The summed E-state index contributed by atoms with van der Waals surface area (Å²) in [6, 6.07) is 3.35. The van der Waals surface area contributed by atoms with Gasteiger partial charge in [0.1, 0.15) is 4.32 Å². The minimum Gasteiger partial charge on any atom is -0.423 e. The van der Waals surface area contributed by atoms with Gasteiger partial charge in [0.05, 0.1) is 4.91 Å². The molecule has 2 rings (SSSR count). The zero-order valence-corrected chi connectivity index (χ0v) is 12.2. The maximum atomic E-state index is 12.1. The van der Waals surface area contributed by atoms with Crippen molar-refractivity contribution >= 4 is 63.5 Å². The zero-order chi connectivity index (χ0) is 14.0. The van der Waals surface area contributed by atoms with Crippen LogP contribution >= 0.6 is 35.3 Å². The van der Waals surface area contributed by atoms with E-state index in [4.69, 9.17) is 22.3 Å². The van der Waals surface area contributed by atoms with Gasteiger partial charge in [-0.2, -0.15) is 0 Å². The molecule has 0 atom stereocenters. The zero-order valence-electron chi connectivity index (χ0n) is 9.78. The Labute approximate surface area is 124 Å². The summed E-state index contributed by atoms with van der Waals surface area (Å²) in [4.78, 5) is 14.9. The molecule has 2 N–H and O–H groups in total. The van der Waals surface area contributed by atoms with Gasteiger partial charge in [-0.15, -0.1) is 17.9 Å². The number of hydrogen-bond acceptors (Lipinski definition) is 6. The van der Waals surface area contributed by atoms with Crippen molar-refractivity contribution in [3.05, 3.63) is 34.6 Å². The average Bonchev–Trinajstić information content (AvgIpc) is 2.91. The molecule has 8 heteroatoms. The molecule has 1 amide bonds. The SMILES string of the molecule is C=CCN1C(=O)/C(=C/c2ccc(B(O)O)s2)SC1=S. The van der Waals surface area contributed by atoms with E-state index < -0.39 is 7.12 Å². The predicted molar refractivity (Wildman–Crippen MR) is 84.2 cm³/mol. The number of nitrogens with zero attached hydrogens (tertiary/aromatic N) is 1. The van der Waals surface area contributed by atoms with Crippen molar-refractivity contribution in [1.29, 1.82) is 0 Å². The largest absolute Gasteiger partial charge is 0.499 e. The summed E-state index contributed by atoms with van der Waals surface area (Å²) in [5, 5.41) is 18.1. The second-order valence-corrected chi connectivity index (χ2v) is 6.52. The molecule has 1 saturated heterocycles. The van der Waals surface area contributed by atoms with Crippen LogP contribution in [0, 0.1) is 0 Å². The van der Waals surface area contributed by atoms with Crippen LogP contribution in [-0.4, -0.2) is 38.8 Å². The lowest BCUT2D eigenvalue weighted by Crippen LogP contribution is -2.27. The van der Waals surface area contributed by atoms with Crippen LogP contribution < -0.4 is 4.78 Å². The third-order valence-electron chi connectivity index (χ3n) is 2.36. The highest BCUT2D eigenvalue weighted by Gasteiger charge is 2.31. The first kappa shape index (κ1) is 14.5. The van der Waals surface area contributed by atoms with Gasteiger partial charge in [-0.1, -0.05) is 36.1 Å². The van der Waals surface area contributed by atoms with Gasteiger partial charge in [0.15, 0.2) is 0 Å². The Morgan fingerprint density at radius 2 is 2.21 bits per heavy atom. The van der Waals surface area contributed by atoms with Crippen LogP contribution in [-0.2, 0) is 4.79 Å². The maximum absolute atomic E-state index is 12.1. The monoisotopic (exact) mass is 311 g/mol. The molecule has 0 aliphatic carbocycles. The highest BCUT2D eigenvalue weighted by atomic mass is 32.2. The Bertz CT molecular complexity index is 567. The summed E-state index contributed by atoms with van der Waals surface area (Å²) in [7, 11) is -1.48. The standard InChI is InChI=1S/C11H10BNO3S3/c1-2-5-13-10(14)8(19-11(13)17)6-7-3-4-9(18-7)12(15)16/h2-4,6,15-16H,1,5H2/b8-6-. The van der Waals surface area contributed by atoms with Crippen molar-refractivity contribution in [1.82, 2.24) is 4.90 Å². The maximum Gasteiger partial charge on any atom is 0.499 e. The number of carbonyl (C=O) groups is 1. The number of thiocarbonyl (C=S) groups is 1. The van der Waals surface area contributed by atoms with Crippen LogP contribution in [0.5, 0.6) is 0 Å². The highest BCUT2D eigenvalue weighted by Crippen LogP contribution is 2.32. The fourth-order valence-electron chi connectivity index (χ4n) is 1.50. The number of carbonyl (C=O) groups excluding carboxylic acids is 1. The third-order valence-corrected chi connectivity index (χ3v) is 4.81. The van der Waals surface area contributed by atoms with E-state index >= 15 is 0 Å². The molecular weight excluding hydrogens is 301 g/mol. The van der Waals surface area contributed by atoms with Gasteiger partial charge in [0, 0.05) is 16.2 Å². The Morgan fingerprint density at radius 3 is 2.79 bits per heavy atom. The molecule has 1 aromatic rings. The second kappa shape index (κ2) is 6.02. The van der Waals surface area contributed by atoms with Crippen molar-refractivity contribution in [3.8, 4) is 0 Å². The van der Waals surface area contributed by atoms with Gasteiger partial charge in [-0.3, -0.25) is 9.69 Å². The van der Waals surface area contributed by atoms with Crippen LogP contribution in [0.25, 0.3) is 6.08 Å². The summed E-state index contributed by atoms with van der Waals surface area (Å²) in [5.41, 5.74) is 0. The first-order valence-corrected chi connectivity index (χ1v) is 7.39. The van der Waals surface area contributed by atoms with Crippen molar-refractivity contribution in [2.24, 2.45) is 0 Å². The van der Waals surface area contributed by atoms with Crippen LogP contribution in [0.4, 0.5) is 0 Å². The third kappa shape index (κ3) is 3.15. The van der Waals surface area contributed by atoms with Crippen molar-refractivity contribution in [3.63, 3.8) is 0 Å². The van der Waals surface area contributed by atoms with E-state index in [9.17, 15) is 4.79 Å². The molecule has 0 spiro atoms. The Morgan fingerprint density at radius 1 is 1.47 bits per heavy atom. The second-order valence-electron chi connectivity index (χ2n) is 3.69. The summed E-state index contributed by atoms with van der Waals surface area (Å²) in [6.07, 6.45) is 3.33. The lowest BCUT2D eigenvalue weighted by atomic mass is 9.90. The molecule has 0 radical (unpaired) electrons. The number of thiophene rings is 1. The smallest absolute Gasteiger partial charge is 0.423 e.